The number of nitrogens with zero attached hydrogens (tertiary/aromatic N) is 1. The van der Waals surface area contributed by atoms with Gasteiger partial charge in [-0.2, -0.15) is 0 Å². The first-order valence-corrected chi connectivity index (χ1v) is 6.80. The minimum atomic E-state index is 0.209. The molecule has 0 atom stereocenters. The highest BCUT2D eigenvalue weighted by molar-refractivity contribution is 5.82. The molecule has 0 saturated carbocycles. The van der Waals surface area contributed by atoms with Gasteiger partial charge in [0.15, 0.2) is 0 Å². The minimum Gasteiger partial charge on any atom is -0.459 e. The van der Waals surface area contributed by atoms with E-state index in [1.54, 1.807) is 0 Å². The number of aryl methyl sites for hydroxylation is 1. The highest BCUT2D eigenvalue weighted by atomic mass is 16.3. The summed E-state index contributed by atoms with van der Waals surface area (Å²) in [5.74, 6) is 1.17. The summed E-state index contributed by atoms with van der Waals surface area (Å²) in [4.78, 5) is 2.52. The maximum Gasteiger partial charge on any atom is 0.134 e. The summed E-state index contributed by atoms with van der Waals surface area (Å²) >= 11 is 0. The van der Waals surface area contributed by atoms with Gasteiger partial charge < -0.3 is 4.42 Å². The van der Waals surface area contributed by atoms with E-state index >= 15 is 0 Å². The van der Waals surface area contributed by atoms with Gasteiger partial charge in [0.1, 0.15) is 11.3 Å². The van der Waals surface area contributed by atoms with Crippen molar-refractivity contribution in [3.05, 3.63) is 35.6 Å². The van der Waals surface area contributed by atoms with Crippen LogP contribution in [-0.2, 0) is 13.0 Å². The maximum absolute atomic E-state index is 6.05. The summed E-state index contributed by atoms with van der Waals surface area (Å²) in [6, 6.07) is 8.41. The normalized spacial score (nSPS) is 17.7. The fraction of sp³-hybridized carbons (Fsp3) is 0.500. The summed E-state index contributed by atoms with van der Waals surface area (Å²) in [6.45, 7) is 8.93. The van der Waals surface area contributed by atoms with Crippen molar-refractivity contribution < 1.29 is 4.42 Å². The van der Waals surface area contributed by atoms with Gasteiger partial charge >= 0.3 is 0 Å². The van der Waals surface area contributed by atoms with E-state index < -0.39 is 0 Å². The lowest BCUT2D eigenvalue weighted by atomic mass is 10.1. The van der Waals surface area contributed by atoms with Crippen LogP contribution in [0.3, 0.4) is 0 Å². The molecule has 0 N–H and O–H groups in total. The maximum atomic E-state index is 6.05. The molecule has 0 amide bonds. The zero-order chi connectivity index (χ0) is 12.8. The molecule has 0 saturated heterocycles. The zero-order valence-electron chi connectivity index (χ0n) is 11.5. The molecule has 0 radical (unpaired) electrons. The highest BCUT2D eigenvalue weighted by Crippen LogP contribution is 2.32. The molecule has 2 heterocycles. The molecule has 18 heavy (non-hydrogen) atoms. The number of furan rings is 1. The van der Waals surface area contributed by atoms with E-state index in [-0.39, 0.29) is 5.54 Å². The molecule has 0 bridgehead atoms. The first kappa shape index (κ1) is 11.8. The highest BCUT2D eigenvalue weighted by Gasteiger charge is 2.27. The summed E-state index contributed by atoms with van der Waals surface area (Å²) < 4.78 is 6.05. The summed E-state index contributed by atoms with van der Waals surface area (Å²) in [6.07, 6.45) is 2.35. The molecule has 1 aliphatic heterocycles. The van der Waals surface area contributed by atoms with Crippen molar-refractivity contribution in [1.29, 1.82) is 0 Å². The predicted molar refractivity (Wildman–Crippen MR) is 74.7 cm³/mol. The van der Waals surface area contributed by atoms with Crippen LogP contribution in [0, 0.1) is 0 Å². The SMILES string of the molecule is CC(C)(C)N1CCCc2c(oc3ccccc23)C1. The van der Waals surface area contributed by atoms with Gasteiger partial charge in [-0.05, 0) is 46.2 Å². The molecular formula is C16H21NO. The second-order valence-corrected chi connectivity index (χ2v) is 6.20. The first-order valence-electron chi connectivity index (χ1n) is 6.80. The quantitative estimate of drug-likeness (QED) is 0.696. The van der Waals surface area contributed by atoms with Gasteiger partial charge in [0.25, 0.3) is 0 Å². The Morgan fingerprint density at radius 1 is 1.17 bits per heavy atom. The average molecular weight is 243 g/mol. The molecule has 2 nitrogen and oxygen atoms in total. The molecule has 1 aliphatic rings. The second kappa shape index (κ2) is 4.13. The van der Waals surface area contributed by atoms with Crippen LogP contribution in [0.25, 0.3) is 11.0 Å². The minimum absolute atomic E-state index is 0.209. The summed E-state index contributed by atoms with van der Waals surface area (Å²) in [5, 5.41) is 1.31. The van der Waals surface area contributed by atoms with Crippen molar-refractivity contribution in [3.8, 4) is 0 Å². The zero-order valence-corrected chi connectivity index (χ0v) is 11.5. The van der Waals surface area contributed by atoms with E-state index in [1.807, 2.05) is 6.07 Å². The Morgan fingerprint density at radius 2 is 1.94 bits per heavy atom. The van der Waals surface area contributed by atoms with Gasteiger partial charge in [-0.3, -0.25) is 4.90 Å². The third-order valence-electron chi connectivity index (χ3n) is 3.92. The van der Waals surface area contributed by atoms with Gasteiger partial charge in [-0.1, -0.05) is 18.2 Å². The van der Waals surface area contributed by atoms with Crippen LogP contribution < -0.4 is 0 Å². The van der Waals surface area contributed by atoms with Gasteiger partial charge in [0.2, 0.25) is 0 Å². The van der Waals surface area contributed by atoms with Crippen LogP contribution in [0.2, 0.25) is 0 Å². The lowest BCUT2D eigenvalue weighted by Gasteiger charge is -2.34. The van der Waals surface area contributed by atoms with Crippen LogP contribution in [0.5, 0.6) is 0 Å². The van der Waals surface area contributed by atoms with E-state index in [4.69, 9.17) is 4.42 Å². The van der Waals surface area contributed by atoms with E-state index in [0.29, 0.717) is 0 Å². The Bertz CT molecular complexity index is 562. The number of hydrogen-bond donors (Lipinski definition) is 0. The standard InChI is InChI=1S/C16H21NO/c1-16(2,3)17-10-6-8-13-12-7-4-5-9-14(12)18-15(13)11-17/h4-5,7,9H,6,8,10-11H2,1-3H3. The van der Waals surface area contributed by atoms with Crippen LogP contribution in [0.4, 0.5) is 0 Å². The third-order valence-corrected chi connectivity index (χ3v) is 3.92. The van der Waals surface area contributed by atoms with Crippen LogP contribution in [0.1, 0.15) is 38.5 Å². The summed E-state index contributed by atoms with van der Waals surface area (Å²) in [5.41, 5.74) is 2.68. The molecule has 0 spiro atoms. The Balaban J connectivity index is 2.05. The Hall–Kier alpha value is -1.28. The summed E-state index contributed by atoms with van der Waals surface area (Å²) in [7, 11) is 0. The van der Waals surface area contributed by atoms with Crippen LogP contribution in [0.15, 0.2) is 28.7 Å². The fourth-order valence-corrected chi connectivity index (χ4v) is 2.82. The lowest BCUT2D eigenvalue weighted by Crippen LogP contribution is -2.40. The predicted octanol–water partition coefficient (Wildman–Crippen LogP) is 3.98. The monoisotopic (exact) mass is 243 g/mol. The largest absolute Gasteiger partial charge is 0.459 e. The first-order chi connectivity index (χ1) is 8.55. The van der Waals surface area contributed by atoms with Crippen molar-refractivity contribution in [2.75, 3.05) is 6.54 Å². The third kappa shape index (κ3) is 1.95. The molecule has 1 aromatic carbocycles. The molecule has 2 aromatic rings. The van der Waals surface area contributed by atoms with Gasteiger partial charge in [-0.25, -0.2) is 0 Å². The van der Waals surface area contributed by atoms with Crippen LogP contribution >= 0.6 is 0 Å². The number of para-hydroxylation sites is 1. The van der Waals surface area contributed by atoms with Crippen molar-refractivity contribution >= 4 is 11.0 Å². The molecule has 0 unspecified atom stereocenters. The van der Waals surface area contributed by atoms with E-state index in [0.717, 1.165) is 25.1 Å². The number of hydrogen-bond acceptors (Lipinski definition) is 2. The van der Waals surface area contributed by atoms with Gasteiger partial charge in [0.05, 0.1) is 6.54 Å². The van der Waals surface area contributed by atoms with E-state index in [2.05, 4.69) is 43.9 Å². The Morgan fingerprint density at radius 3 is 2.72 bits per heavy atom. The van der Waals surface area contributed by atoms with Gasteiger partial charge in [0, 0.05) is 16.5 Å². The molecule has 1 aromatic heterocycles. The molecule has 0 fully saturated rings. The Labute approximate surface area is 109 Å². The van der Waals surface area contributed by atoms with Crippen molar-refractivity contribution in [1.82, 2.24) is 4.90 Å². The van der Waals surface area contributed by atoms with E-state index in [9.17, 15) is 0 Å². The molecule has 0 aliphatic carbocycles. The van der Waals surface area contributed by atoms with Gasteiger partial charge in [-0.15, -0.1) is 0 Å². The van der Waals surface area contributed by atoms with Crippen molar-refractivity contribution in [2.45, 2.75) is 45.7 Å². The molecule has 96 valence electrons. The van der Waals surface area contributed by atoms with Crippen LogP contribution in [-0.4, -0.2) is 17.0 Å². The second-order valence-electron chi connectivity index (χ2n) is 6.20. The average Bonchev–Trinajstić information content (AvgIpc) is 2.52. The fourth-order valence-electron chi connectivity index (χ4n) is 2.82. The Kier molecular flexibility index (Phi) is 2.70. The number of rotatable bonds is 0. The topological polar surface area (TPSA) is 16.4 Å². The number of benzene rings is 1. The molecule has 2 heteroatoms. The lowest BCUT2D eigenvalue weighted by molar-refractivity contribution is 0.122. The van der Waals surface area contributed by atoms with E-state index in [1.165, 1.54) is 23.1 Å². The smallest absolute Gasteiger partial charge is 0.134 e. The molecular weight excluding hydrogens is 222 g/mol. The van der Waals surface area contributed by atoms with Crippen molar-refractivity contribution in [2.24, 2.45) is 0 Å². The number of fused-ring (bicyclic) bond motifs is 3. The van der Waals surface area contributed by atoms with Crippen molar-refractivity contribution in [3.63, 3.8) is 0 Å². The molecule has 3 rings (SSSR count).